The van der Waals surface area contributed by atoms with Crippen molar-refractivity contribution < 1.29 is 5.11 Å². The highest BCUT2D eigenvalue weighted by atomic mass is 35.5. The number of aliphatic hydroxyl groups is 1. The fourth-order valence-electron chi connectivity index (χ4n) is 1.71. The molecule has 0 heterocycles. The predicted octanol–water partition coefficient (Wildman–Crippen LogP) is 3.68. The van der Waals surface area contributed by atoms with Crippen LogP contribution in [-0.2, 0) is 6.42 Å². The Balaban J connectivity index is 2.50. The standard InChI is InChI=1S/C13H19ClO/c1-3-4-10(2)13(15)9-11-5-7-12(14)8-6-11/h5-8,10,13,15H,3-4,9H2,1-2H3. The zero-order valence-electron chi connectivity index (χ0n) is 9.41. The number of hydrogen-bond donors (Lipinski definition) is 1. The average molecular weight is 227 g/mol. The van der Waals surface area contributed by atoms with Crippen molar-refractivity contribution in [2.24, 2.45) is 5.92 Å². The zero-order valence-corrected chi connectivity index (χ0v) is 10.2. The lowest BCUT2D eigenvalue weighted by atomic mass is 9.94. The van der Waals surface area contributed by atoms with Crippen LogP contribution in [0.3, 0.4) is 0 Å². The number of halogens is 1. The first-order valence-electron chi connectivity index (χ1n) is 5.56. The summed E-state index contributed by atoms with van der Waals surface area (Å²) in [4.78, 5) is 0. The van der Waals surface area contributed by atoms with Gasteiger partial charge in [0.25, 0.3) is 0 Å². The molecule has 15 heavy (non-hydrogen) atoms. The Morgan fingerprint density at radius 2 is 1.87 bits per heavy atom. The maximum Gasteiger partial charge on any atom is 0.0606 e. The summed E-state index contributed by atoms with van der Waals surface area (Å²) in [7, 11) is 0. The van der Waals surface area contributed by atoms with Gasteiger partial charge in [-0.25, -0.2) is 0 Å². The molecule has 0 saturated heterocycles. The summed E-state index contributed by atoms with van der Waals surface area (Å²) in [6, 6.07) is 7.69. The Labute approximate surface area is 97.1 Å². The van der Waals surface area contributed by atoms with E-state index < -0.39 is 0 Å². The maximum atomic E-state index is 9.94. The van der Waals surface area contributed by atoms with Crippen molar-refractivity contribution in [1.82, 2.24) is 0 Å². The van der Waals surface area contributed by atoms with Crippen molar-refractivity contribution in [3.05, 3.63) is 34.9 Å². The van der Waals surface area contributed by atoms with Crippen LogP contribution >= 0.6 is 11.6 Å². The molecule has 1 N–H and O–H groups in total. The molecule has 1 nitrogen and oxygen atoms in total. The summed E-state index contributed by atoms with van der Waals surface area (Å²) < 4.78 is 0. The molecule has 0 bridgehead atoms. The average Bonchev–Trinajstić information content (AvgIpc) is 2.22. The Hall–Kier alpha value is -0.530. The summed E-state index contributed by atoms with van der Waals surface area (Å²) in [6.45, 7) is 4.25. The molecule has 0 radical (unpaired) electrons. The van der Waals surface area contributed by atoms with Crippen molar-refractivity contribution in [3.8, 4) is 0 Å². The van der Waals surface area contributed by atoms with Crippen LogP contribution in [0.25, 0.3) is 0 Å². The van der Waals surface area contributed by atoms with E-state index in [-0.39, 0.29) is 6.10 Å². The Kier molecular flexibility index (Phi) is 5.13. The molecule has 2 unspecified atom stereocenters. The van der Waals surface area contributed by atoms with Crippen LogP contribution in [0.5, 0.6) is 0 Å². The van der Waals surface area contributed by atoms with E-state index in [4.69, 9.17) is 11.6 Å². The van der Waals surface area contributed by atoms with E-state index in [0.717, 1.165) is 29.8 Å². The van der Waals surface area contributed by atoms with Crippen LogP contribution in [0.4, 0.5) is 0 Å². The molecule has 0 aliphatic rings. The Morgan fingerprint density at radius 1 is 1.27 bits per heavy atom. The second kappa shape index (κ2) is 6.14. The third-order valence-electron chi connectivity index (χ3n) is 2.76. The molecule has 0 saturated carbocycles. The zero-order chi connectivity index (χ0) is 11.3. The Morgan fingerprint density at radius 3 is 2.40 bits per heavy atom. The van der Waals surface area contributed by atoms with Gasteiger partial charge in [0, 0.05) is 5.02 Å². The quantitative estimate of drug-likeness (QED) is 0.812. The molecule has 0 fully saturated rings. The van der Waals surface area contributed by atoms with E-state index in [1.54, 1.807) is 0 Å². The summed E-state index contributed by atoms with van der Waals surface area (Å²) in [5.74, 6) is 0.366. The first-order valence-corrected chi connectivity index (χ1v) is 5.93. The largest absolute Gasteiger partial charge is 0.393 e. The number of benzene rings is 1. The van der Waals surface area contributed by atoms with Gasteiger partial charge in [0.1, 0.15) is 0 Å². The van der Waals surface area contributed by atoms with Gasteiger partial charge in [-0.1, -0.05) is 44.0 Å². The van der Waals surface area contributed by atoms with Gasteiger partial charge < -0.3 is 5.11 Å². The summed E-state index contributed by atoms with van der Waals surface area (Å²) >= 11 is 5.80. The van der Waals surface area contributed by atoms with Crippen molar-refractivity contribution in [1.29, 1.82) is 0 Å². The van der Waals surface area contributed by atoms with Crippen LogP contribution < -0.4 is 0 Å². The van der Waals surface area contributed by atoms with Crippen LogP contribution in [0, 0.1) is 5.92 Å². The van der Waals surface area contributed by atoms with E-state index in [2.05, 4.69) is 13.8 Å². The van der Waals surface area contributed by atoms with E-state index in [9.17, 15) is 5.11 Å². The van der Waals surface area contributed by atoms with Crippen LogP contribution in [-0.4, -0.2) is 11.2 Å². The summed E-state index contributed by atoms with van der Waals surface area (Å²) in [6.07, 6.45) is 2.68. The monoisotopic (exact) mass is 226 g/mol. The highest BCUT2D eigenvalue weighted by Gasteiger charge is 2.13. The highest BCUT2D eigenvalue weighted by Crippen LogP contribution is 2.16. The minimum atomic E-state index is -0.244. The minimum Gasteiger partial charge on any atom is -0.393 e. The van der Waals surface area contributed by atoms with E-state index in [1.165, 1.54) is 0 Å². The number of hydrogen-bond acceptors (Lipinski definition) is 1. The molecule has 1 rings (SSSR count). The van der Waals surface area contributed by atoms with Crippen molar-refractivity contribution >= 4 is 11.6 Å². The number of rotatable bonds is 5. The molecule has 0 amide bonds. The van der Waals surface area contributed by atoms with E-state index in [0.29, 0.717) is 5.92 Å². The molecule has 1 aromatic carbocycles. The first-order chi connectivity index (χ1) is 7.13. The first kappa shape index (κ1) is 12.5. The van der Waals surface area contributed by atoms with E-state index in [1.807, 2.05) is 24.3 Å². The highest BCUT2D eigenvalue weighted by molar-refractivity contribution is 6.30. The third kappa shape index (κ3) is 4.23. The van der Waals surface area contributed by atoms with E-state index >= 15 is 0 Å². The molecule has 2 heteroatoms. The number of aliphatic hydroxyl groups excluding tert-OH is 1. The van der Waals surface area contributed by atoms with Gasteiger partial charge in [0.15, 0.2) is 0 Å². The van der Waals surface area contributed by atoms with Crippen molar-refractivity contribution in [2.45, 2.75) is 39.2 Å². The molecule has 0 aromatic heterocycles. The van der Waals surface area contributed by atoms with Gasteiger partial charge in [0.05, 0.1) is 6.10 Å². The lowest BCUT2D eigenvalue weighted by Crippen LogP contribution is -2.20. The molecule has 0 spiro atoms. The second-order valence-electron chi connectivity index (χ2n) is 4.16. The van der Waals surface area contributed by atoms with Crippen LogP contribution in [0.15, 0.2) is 24.3 Å². The van der Waals surface area contributed by atoms with Crippen molar-refractivity contribution in [2.75, 3.05) is 0 Å². The Bertz CT molecular complexity index is 281. The lowest BCUT2D eigenvalue weighted by molar-refractivity contribution is 0.111. The molecule has 0 aliphatic heterocycles. The molecule has 0 aliphatic carbocycles. The van der Waals surface area contributed by atoms with Crippen molar-refractivity contribution in [3.63, 3.8) is 0 Å². The fourth-order valence-corrected chi connectivity index (χ4v) is 1.84. The van der Waals surface area contributed by atoms with Gasteiger partial charge in [-0.2, -0.15) is 0 Å². The maximum absolute atomic E-state index is 9.94. The molecule has 2 atom stereocenters. The SMILES string of the molecule is CCCC(C)C(O)Cc1ccc(Cl)cc1. The molecule has 1 aromatic rings. The van der Waals surface area contributed by atoms with Crippen LogP contribution in [0.2, 0.25) is 5.02 Å². The van der Waals surface area contributed by atoms with Gasteiger partial charge in [-0.3, -0.25) is 0 Å². The second-order valence-corrected chi connectivity index (χ2v) is 4.60. The molecule has 84 valence electrons. The summed E-state index contributed by atoms with van der Waals surface area (Å²) in [5.41, 5.74) is 1.15. The van der Waals surface area contributed by atoms with Gasteiger partial charge >= 0.3 is 0 Å². The minimum absolute atomic E-state index is 0.244. The lowest BCUT2D eigenvalue weighted by Gasteiger charge is -2.18. The topological polar surface area (TPSA) is 20.2 Å². The molecular formula is C13H19ClO. The predicted molar refractivity (Wildman–Crippen MR) is 65.2 cm³/mol. The van der Waals surface area contributed by atoms with Gasteiger partial charge in [-0.15, -0.1) is 0 Å². The van der Waals surface area contributed by atoms with Gasteiger partial charge in [-0.05, 0) is 36.5 Å². The normalized spacial score (nSPS) is 14.9. The third-order valence-corrected chi connectivity index (χ3v) is 3.01. The van der Waals surface area contributed by atoms with Gasteiger partial charge in [0.2, 0.25) is 0 Å². The smallest absolute Gasteiger partial charge is 0.0606 e. The van der Waals surface area contributed by atoms with Crippen LogP contribution in [0.1, 0.15) is 32.3 Å². The fraction of sp³-hybridized carbons (Fsp3) is 0.538. The molecular weight excluding hydrogens is 208 g/mol. The summed E-state index contributed by atoms with van der Waals surface area (Å²) in [5, 5.41) is 10.7.